The molecule has 0 aliphatic heterocycles. The van der Waals surface area contributed by atoms with Gasteiger partial charge in [-0.1, -0.05) is 30.3 Å². The number of nitrogens with one attached hydrogen (secondary N) is 1. The van der Waals surface area contributed by atoms with Crippen LogP contribution in [0.25, 0.3) is 5.69 Å². The van der Waals surface area contributed by atoms with E-state index in [0.29, 0.717) is 0 Å². The largest absolute Gasteiger partial charge is 0.304 e. The number of hydrogen-bond acceptors (Lipinski definition) is 5. The Morgan fingerprint density at radius 2 is 2.10 bits per heavy atom. The maximum atomic E-state index is 4.21. The third-order valence-electron chi connectivity index (χ3n) is 3.02. The van der Waals surface area contributed by atoms with Crippen molar-refractivity contribution in [3.8, 4) is 5.69 Å². The van der Waals surface area contributed by atoms with E-state index in [1.165, 1.54) is 0 Å². The highest BCUT2D eigenvalue weighted by molar-refractivity contribution is 7.09. The third-order valence-corrected chi connectivity index (χ3v) is 3.86. The SMILES string of the molecule is CCNC(c1cncs1)c1cnnn1-c1ccccc1. The lowest BCUT2D eigenvalue weighted by molar-refractivity contribution is 0.599. The van der Waals surface area contributed by atoms with Gasteiger partial charge in [-0.3, -0.25) is 4.98 Å². The van der Waals surface area contributed by atoms with Crippen molar-refractivity contribution in [3.63, 3.8) is 0 Å². The fourth-order valence-electron chi connectivity index (χ4n) is 2.13. The van der Waals surface area contributed by atoms with Gasteiger partial charge in [0.05, 0.1) is 29.1 Å². The normalized spacial score (nSPS) is 12.4. The lowest BCUT2D eigenvalue weighted by atomic mass is 10.2. The minimum atomic E-state index is 0.0581. The Morgan fingerprint density at radius 1 is 1.25 bits per heavy atom. The molecule has 0 aliphatic carbocycles. The molecule has 0 saturated carbocycles. The van der Waals surface area contributed by atoms with E-state index in [4.69, 9.17) is 0 Å². The van der Waals surface area contributed by atoms with Crippen LogP contribution in [-0.4, -0.2) is 26.5 Å². The first kappa shape index (κ1) is 13.0. The lowest BCUT2D eigenvalue weighted by Crippen LogP contribution is -2.23. The fourth-order valence-corrected chi connectivity index (χ4v) is 2.84. The van der Waals surface area contributed by atoms with E-state index >= 15 is 0 Å². The summed E-state index contributed by atoms with van der Waals surface area (Å²) in [6, 6.07) is 10.1. The molecule has 0 radical (unpaired) electrons. The molecule has 1 N–H and O–H groups in total. The highest BCUT2D eigenvalue weighted by Gasteiger charge is 2.20. The first-order chi connectivity index (χ1) is 9.90. The number of hydrogen-bond donors (Lipinski definition) is 1. The molecule has 0 spiro atoms. The summed E-state index contributed by atoms with van der Waals surface area (Å²) >= 11 is 1.63. The molecular formula is C14H15N5S. The van der Waals surface area contributed by atoms with Gasteiger partial charge in [0.2, 0.25) is 0 Å². The molecule has 0 amide bonds. The van der Waals surface area contributed by atoms with Crippen LogP contribution in [0.2, 0.25) is 0 Å². The summed E-state index contributed by atoms with van der Waals surface area (Å²) in [6.45, 7) is 2.95. The Kier molecular flexibility index (Phi) is 3.85. The summed E-state index contributed by atoms with van der Waals surface area (Å²) in [5, 5.41) is 11.7. The summed E-state index contributed by atoms with van der Waals surface area (Å²) in [4.78, 5) is 5.32. The minimum absolute atomic E-state index is 0.0581. The molecule has 3 aromatic rings. The van der Waals surface area contributed by atoms with Crippen LogP contribution in [-0.2, 0) is 0 Å². The van der Waals surface area contributed by atoms with Crippen molar-refractivity contribution in [1.29, 1.82) is 0 Å². The Morgan fingerprint density at radius 3 is 2.80 bits per heavy atom. The molecule has 0 bridgehead atoms. The van der Waals surface area contributed by atoms with Crippen LogP contribution in [0.5, 0.6) is 0 Å². The Bertz CT molecular complexity index is 647. The van der Waals surface area contributed by atoms with Gasteiger partial charge in [0, 0.05) is 11.1 Å². The van der Waals surface area contributed by atoms with Gasteiger partial charge in [-0.05, 0) is 18.7 Å². The van der Waals surface area contributed by atoms with E-state index in [2.05, 4.69) is 27.5 Å². The van der Waals surface area contributed by atoms with E-state index in [9.17, 15) is 0 Å². The third kappa shape index (κ3) is 2.48. The monoisotopic (exact) mass is 285 g/mol. The van der Waals surface area contributed by atoms with Gasteiger partial charge in [-0.15, -0.1) is 16.4 Å². The number of thiazole rings is 1. The Labute approximate surface area is 121 Å². The van der Waals surface area contributed by atoms with Gasteiger partial charge < -0.3 is 5.32 Å². The number of nitrogens with zero attached hydrogens (tertiary/aromatic N) is 4. The highest BCUT2D eigenvalue weighted by atomic mass is 32.1. The summed E-state index contributed by atoms with van der Waals surface area (Å²) in [6.07, 6.45) is 3.69. The van der Waals surface area contributed by atoms with Crippen LogP contribution in [0.15, 0.2) is 48.2 Å². The number of para-hydroxylation sites is 1. The average molecular weight is 285 g/mol. The van der Waals surface area contributed by atoms with Crippen LogP contribution in [0.3, 0.4) is 0 Å². The molecule has 20 heavy (non-hydrogen) atoms. The zero-order chi connectivity index (χ0) is 13.8. The van der Waals surface area contributed by atoms with E-state index in [1.807, 2.05) is 46.7 Å². The maximum absolute atomic E-state index is 4.21. The van der Waals surface area contributed by atoms with Crippen molar-refractivity contribution in [2.24, 2.45) is 0 Å². The standard InChI is InChI=1S/C14H15N5S/c1-2-16-14(13-9-15-10-20-13)12-8-17-18-19(12)11-6-4-3-5-7-11/h3-10,14,16H,2H2,1H3. The van der Waals surface area contributed by atoms with Gasteiger partial charge in [0.15, 0.2) is 0 Å². The van der Waals surface area contributed by atoms with Crippen LogP contribution in [0.1, 0.15) is 23.5 Å². The van der Waals surface area contributed by atoms with Crippen LogP contribution in [0, 0.1) is 0 Å². The van der Waals surface area contributed by atoms with Crippen LogP contribution in [0.4, 0.5) is 0 Å². The van der Waals surface area contributed by atoms with E-state index in [0.717, 1.165) is 22.8 Å². The summed E-state index contributed by atoms with van der Waals surface area (Å²) in [5.41, 5.74) is 3.87. The predicted molar refractivity (Wildman–Crippen MR) is 79.0 cm³/mol. The van der Waals surface area contributed by atoms with E-state index in [1.54, 1.807) is 17.5 Å². The Hall–Kier alpha value is -2.05. The molecule has 1 unspecified atom stereocenters. The first-order valence-corrected chi connectivity index (χ1v) is 7.36. The molecule has 5 nitrogen and oxygen atoms in total. The minimum Gasteiger partial charge on any atom is -0.304 e. The van der Waals surface area contributed by atoms with Crippen molar-refractivity contribution in [2.75, 3.05) is 6.54 Å². The zero-order valence-electron chi connectivity index (χ0n) is 11.1. The first-order valence-electron chi connectivity index (χ1n) is 6.48. The molecule has 0 fully saturated rings. The zero-order valence-corrected chi connectivity index (χ0v) is 11.9. The lowest BCUT2D eigenvalue weighted by Gasteiger charge is -2.16. The smallest absolute Gasteiger partial charge is 0.0879 e. The molecule has 2 aromatic heterocycles. The van der Waals surface area contributed by atoms with Gasteiger partial charge in [0.1, 0.15) is 0 Å². The summed E-state index contributed by atoms with van der Waals surface area (Å²) in [7, 11) is 0. The molecule has 0 aliphatic rings. The van der Waals surface area contributed by atoms with E-state index in [-0.39, 0.29) is 6.04 Å². The average Bonchev–Trinajstić information content (AvgIpc) is 3.17. The number of benzene rings is 1. The van der Waals surface area contributed by atoms with Gasteiger partial charge in [0.25, 0.3) is 0 Å². The van der Waals surface area contributed by atoms with Crippen molar-refractivity contribution in [2.45, 2.75) is 13.0 Å². The highest BCUT2D eigenvalue weighted by Crippen LogP contribution is 2.25. The maximum Gasteiger partial charge on any atom is 0.0879 e. The van der Waals surface area contributed by atoms with Gasteiger partial charge in [-0.25, -0.2) is 4.68 Å². The predicted octanol–water partition coefficient (Wildman–Crippen LogP) is 2.42. The quantitative estimate of drug-likeness (QED) is 0.782. The van der Waals surface area contributed by atoms with Crippen LogP contribution < -0.4 is 5.32 Å². The van der Waals surface area contributed by atoms with Crippen LogP contribution >= 0.6 is 11.3 Å². The van der Waals surface area contributed by atoms with Crippen molar-refractivity contribution in [1.82, 2.24) is 25.3 Å². The second-order valence-electron chi connectivity index (χ2n) is 4.30. The molecule has 2 heterocycles. The number of rotatable bonds is 5. The molecule has 102 valence electrons. The van der Waals surface area contributed by atoms with Crippen molar-refractivity contribution in [3.05, 3.63) is 58.8 Å². The molecule has 0 saturated heterocycles. The van der Waals surface area contributed by atoms with Gasteiger partial charge in [-0.2, -0.15) is 0 Å². The fraction of sp³-hybridized carbons (Fsp3) is 0.214. The second kappa shape index (κ2) is 5.94. The second-order valence-corrected chi connectivity index (χ2v) is 5.22. The summed E-state index contributed by atoms with van der Waals surface area (Å²) < 4.78 is 1.87. The molecular weight excluding hydrogens is 270 g/mol. The molecule has 1 atom stereocenters. The van der Waals surface area contributed by atoms with Crippen molar-refractivity contribution >= 4 is 11.3 Å². The topological polar surface area (TPSA) is 55.6 Å². The molecule has 6 heteroatoms. The number of aromatic nitrogens is 4. The van der Waals surface area contributed by atoms with Gasteiger partial charge >= 0.3 is 0 Å². The Balaban J connectivity index is 2.03. The van der Waals surface area contributed by atoms with E-state index < -0.39 is 0 Å². The summed E-state index contributed by atoms with van der Waals surface area (Å²) in [5.74, 6) is 0. The molecule has 3 rings (SSSR count). The molecule has 1 aromatic carbocycles. The van der Waals surface area contributed by atoms with Crippen molar-refractivity contribution < 1.29 is 0 Å².